The van der Waals surface area contributed by atoms with Gasteiger partial charge in [-0.25, -0.2) is 39.5 Å². The van der Waals surface area contributed by atoms with Crippen LogP contribution in [0, 0.1) is 0 Å². The summed E-state index contributed by atoms with van der Waals surface area (Å²) < 4.78 is 0. The molecule has 0 radical (unpaired) electrons. The number of piperidine rings is 3. The van der Waals surface area contributed by atoms with Gasteiger partial charge in [0.2, 0.25) is 11.9 Å². The van der Waals surface area contributed by atoms with Gasteiger partial charge in [-0.1, -0.05) is 12.8 Å². The van der Waals surface area contributed by atoms with E-state index in [1.165, 1.54) is 39.6 Å². The minimum Gasteiger partial charge on any atom is -0.478 e. The number of likely N-dealkylation sites (tertiary alicyclic amines) is 2. The third-order valence-electron chi connectivity index (χ3n) is 9.28. The molecule has 2 atom stereocenters. The van der Waals surface area contributed by atoms with Crippen molar-refractivity contribution in [2.75, 3.05) is 37.6 Å². The molecular formula is C30H39N9O5. The third kappa shape index (κ3) is 4.67. The SMILES string of the molecule is CC1(N2CCCCC2)C(C(=O)O)=C(c2ncccn2)N(N2CCCCC2)C(C(=O)O)(N2CCCCC2=O)N1c1ncccn1. The highest BCUT2D eigenvalue weighted by atomic mass is 16.4. The molecular weight excluding hydrogens is 566 g/mol. The molecule has 0 spiro atoms. The topological polar surface area (TPSA) is 159 Å². The highest BCUT2D eigenvalue weighted by Gasteiger charge is 2.70. The van der Waals surface area contributed by atoms with Crippen LogP contribution in [-0.4, -0.2) is 112 Å². The van der Waals surface area contributed by atoms with Crippen molar-refractivity contribution < 1.29 is 24.6 Å². The van der Waals surface area contributed by atoms with E-state index in [9.17, 15) is 24.6 Å². The zero-order chi connectivity index (χ0) is 30.9. The standard InChI is InChI=1S/C30H39N9O5/c1-29(35-17-5-2-6-18-35)23(26(41)42)24(25-31-13-10-14-32-25)39(36-19-7-3-8-20-36)30(27(43)44,37-21-9-4-12-22(37)40)38(29)28-33-15-11-16-34-28/h10-11,13-16H,2-9,12,17-21H2,1H3,(H,41,42)(H,43,44). The van der Waals surface area contributed by atoms with Gasteiger partial charge in [-0.15, -0.1) is 0 Å². The van der Waals surface area contributed by atoms with Gasteiger partial charge >= 0.3 is 17.7 Å². The molecule has 0 aliphatic carbocycles. The van der Waals surface area contributed by atoms with Crippen LogP contribution in [0.2, 0.25) is 0 Å². The number of rotatable bonds is 7. The lowest BCUT2D eigenvalue weighted by atomic mass is 9.86. The molecule has 2 aromatic rings. The molecule has 6 rings (SSSR count). The van der Waals surface area contributed by atoms with Crippen molar-refractivity contribution in [2.24, 2.45) is 0 Å². The highest BCUT2D eigenvalue weighted by Crippen LogP contribution is 2.52. The van der Waals surface area contributed by atoms with E-state index in [4.69, 9.17) is 0 Å². The molecule has 2 N–H and O–H groups in total. The number of anilines is 1. The van der Waals surface area contributed by atoms with Gasteiger partial charge in [-0.3, -0.25) is 19.5 Å². The second kappa shape index (κ2) is 12.1. The van der Waals surface area contributed by atoms with Crippen molar-refractivity contribution in [1.29, 1.82) is 0 Å². The van der Waals surface area contributed by atoms with E-state index >= 15 is 0 Å². The molecule has 2 unspecified atom stereocenters. The van der Waals surface area contributed by atoms with E-state index in [-0.39, 0.29) is 41.9 Å². The number of carboxylic acids is 2. The van der Waals surface area contributed by atoms with Gasteiger partial charge < -0.3 is 10.2 Å². The average molecular weight is 606 g/mol. The van der Waals surface area contributed by atoms with Gasteiger partial charge in [0.1, 0.15) is 16.9 Å². The first-order chi connectivity index (χ1) is 21.3. The Morgan fingerprint density at radius 2 is 1.34 bits per heavy atom. The maximum atomic E-state index is 14.4. The quantitative estimate of drug-likeness (QED) is 0.474. The molecule has 0 bridgehead atoms. The minimum absolute atomic E-state index is 0.00939. The Labute approximate surface area is 256 Å². The van der Waals surface area contributed by atoms with Crippen LogP contribution in [-0.2, 0) is 14.4 Å². The third-order valence-corrected chi connectivity index (χ3v) is 9.28. The number of nitrogens with zero attached hydrogens (tertiary/aromatic N) is 9. The van der Waals surface area contributed by atoms with Crippen molar-refractivity contribution in [3.63, 3.8) is 0 Å². The fourth-order valence-corrected chi connectivity index (χ4v) is 7.39. The predicted octanol–water partition coefficient (Wildman–Crippen LogP) is 2.24. The van der Waals surface area contributed by atoms with Gasteiger partial charge in [0, 0.05) is 63.9 Å². The molecule has 3 fully saturated rings. The van der Waals surface area contributed by atoms with E-state index in [0.717, 1.165) is 38.5 Å². The highest BCUT2D eigenvalue weighted by molar-refractivity contribution is 6.03. The minimum atomic E-state index is -2.28. The number of amides is 1. The van der Waals surface area contributed by atoms with Crippen molar-refractivity contribution >= 4 is 29.5 Å². The molecule has 1 amide bonds. The molecule has 4 aliphatic rings. The van der Waals surface area contributed by atoms with E-state index in [1.807, 2.05) is 9.91 Å². The van der Waals surface area contributed by atoms with E-state index in [0.29, 0.717) is 39.0 Å². The monoisotopic (exact) mass is 605 g/mol. The Morgan fingerprint density at radius 1 is 0.773 bits per heavy atom. The predicted molar refractivity (Wildman–Crippen MR) is 158 cm³/mol. The Balaban J connectivity index is 1.80. The van der Waals surface area contributed by atoms with Crippen LogP contribution in [0.25, 0.3) is 5.70 Å². The molecule has 2 aromatic heterocycles. The first kappa shape index (κ1) is 29.9. The molecule has 14 heteroatoms. The fraction of sp³-hybridized carbons (Fsp3) is 0.567. The van der Waals surface area contributed by atoms with Gasteiger partial charge in [-0.2, -0.15) is 0 Å². The molecule has 0 aromatic carbocycles. The number of hydrogen-bond acceptors (Lipinski definition) is 11. The van der Waals surface area contributed by atoms with Crippen LogP contribution in [0.3, 0.4) is 0 Å². The lowest BCUT2D eigenvalue weighted by molar-refractivity contribution is -0.205. The van der Waals surface area contributed by atoms with Gasteiger partial charge in [0.15, 0.2) is 5.82 Å². The second-order valence-corrected chi connectivity index (χ2v) is 11.8. The number of hydrazine groups is 1. The number of aromatic nitrogens is 4. The molecule has 0 saturated carbocycles. The van der Waals surface area contributed by atoms with Crippen LogP contribution in [0.15, 0.2) is 42.5 Å². The summed E-state index contributed by atoms with van der Waals surface area (Å²) in [5.41, 5.74) is -1.67. The number of aliphatic carboxylic acids is 2. The lowest BCUT2D eigenvalue weighted by Crippen LogP contribution is -2.86. The largest absolute Gasteiger partial charge is 0.478 e. The molecule has 44 heavy (non-hydrogen) atoms. The Kier molecular flexibility index (Phi) is 8.20. The first-order valence-corrected chi connectivity index (χ1v) is 15.5. The summed E-state index contributed by atoms with van der Waals surface area (Å²) in [6, 6.07) is 3.25. The molecule has 14 nitrogen and oxygen atoms in total. The van der Waals surface area contributed by atoms with E-state index < -0.39 is 23.4 Å². The smallest absolute Gasteiger partial charge is 0.375 e. The van der Waals surface area contributed by atoms with Gasteiger partial charge in [-0.05, 0) is 57.6 Å². The van der Waals surface area contributed by atoms with E-state index in [1.54, 1.807) is 19.1 Å². The summed E-state index contributed by atoms with van der Waals surface area (Å²) in [7, 11) is 0. The molecule has 234 valence electrons. The second-order valence-electron chi connectivity index (χ2n) is 11.8. The average Bonchev–Trinajstić information content (AvgIpc) is 3.05. The maximum absolute atomic E-state index is 14.4. The van der Waals surface area contributed by atoms with Gasteiger partial charge in [0.25, 0.3) is 0 Å². The summed E-state index contributed by atoms with van der Waals surface area (Å²) >= 11 is 0. The number of hydrogen-bond donors (Lipinski definition) is 2. The first-order valence-electron chi connectivity index (χ1n) is 15.5. The van der Waals surface area contributed by atoms with Crippen molar-refractivity contribution in [2.45, 2.75) is 76.2 Å². The lowest BCUT2D eigenvalue weighted by Gasteiger charge is -2.66. The Bertz CT molecular complexity index is 1410. The normalized spacial score (nSPS) is 27.5. The van der Waals surface area contributed by atoms with Crippen molar-refractivity contribution in [3.8, 4) is 0 Å². The van der Waals surface area contributed by atoms with Gasteiger partial charge in [0.05, 0.1) is 0 Å². The van der Waals surface area contributed by atoms with Crippen LogP contribution in [0.5, 0.6) is 0 Å². The zero-order valence-electron chi connectivity index (χ0n) is 25.0. The maximum Gasteiger partial charge on any atom is 0.375 e. The van der Waals surface area contributed by atoms with Crippen molar-refractivity contribution in [1.82, 2.24) is 39.8 Å². The molecule has 6 heterocycles. The fourth-order valence-electron chi connectivity index (χ4n) is 7.39. The molecule has 4 aliphatic heterocycles. The summed E-state index contributed by atoms with van der Waals surface area (Å²) in [6.45, 7) is 3.79. The van der Waals surface area contributed by atoms with E-state index in [2.05, 4.69) is 19.9 Å². The van der Waals surface area contributed by atoms with Crippen LogP contribution in [0.1, 0.15) is 70.5 Å². The van der Waals surface area contributed by atoms with Crippen LogP contribution < -0.4 is 4.90 Å². The van der Waals surface area contributed by atoms with Crippen LogP contribution in [0.4, 0.5) is 5.95 Å². The summed E-state index contributed by atoms with van der Waals surface area (Å²) in [4.78, 5) is 65.2. The summed E-state index contributed by atoms with van der Waals surface area (Å²) in [5.74, 6) is -5.12. The Hall–Kier alpha value is -4.17. The van der Waals surface area contributed by atoms with Crippen LogP contribution >= 0.6 is 0 Å². The molecule has 3 saturated heterocycles. The number of carboxylic acid groups (broad SMARTS) is 2. The number of carbonyl (C=O) groups excluding carboxylic acids is 1. The van der Waals surface area contributed by atoms with Crippen molar-refractivity contribution in [3.05, 3.63) is 48.3 Å². The zero-order valence-corrected chi connectivity index (χ0v) is 25.0. The Morgan fingerprint density at radius 3 is 1.91 bits per heavy atom. The summed E-state index contributed by atoms with van der Waals surface area (Å²) in [5, 5.41) is 26.3. The summed E-state index contributed by atoms with van der Waals surface area (Å²) in [6.07, 6.45) is 12.4. The number of carbonyl (C=O) groups is 3.